The lowest BCUT2D eigenvalue weighted by molar-refractivity contribution is -0.303. The summed E-state index contributed by atoms with van der Waals surface area (Å²) in [6, 6.07) is -3.13. The number of esters is 2. The predicted octanol–water partition coefficient (Wildman–Crippen LogP) is -6.41. The number of aliphatic hydroxyl groups is 7. The van der Waals surface area contributed by atoms with Crippen molar-refractivity contribution in [1.29, 1.82) is 0 Å². The minimum atomic E-state index is -2.79. The average molecular weight is 470 g/mol. The molecule has 1 heterocycles. The van der Waals surface area contributed by atoms with Crippen molar-refractivity contribution in [1.82, 2.24) is 0 Å². The highest BCUT2D eigenvalue weighted by Crippen LogP contribution is 2.34. The van der Waals surface area contributed by atoms with Crippen LogP contribution in [0.3, 0.4) is 0 Å². The van der Waals surface area contributed by atoms with Gasteiger partial charge in [0.1, 0.15) is 42.8 Å². The Morgan fingerprint density at radius 3 is 2.22 bits per heavy atom. The summed E-state index contributed by atoms with van der Waals surface area (Å²) in [5.41, 5.74) is 11.3. The third kappa shape index (κ3) is 6.38. The van der Waals surface area contributed by atoms with Gasteiger partial charge in [0.15, 0.2) is 6.10 Å². The summed E-state index contributed by atoms with van der Waals surface area (Å²) in [5, 5.41) is 68.0. The number of aliphatic hydroxyl groups excluding tert-OH is 7. The first-order valence-electron chi connectivity index (χ1n) is 9.52. The SMILES string of the molecule is CC(=O)O[C@@]1(C(=O)O[C@@H]([C@H](O)[C@H](O)CO)[C@H](N)C=O)C[C@H](O)[C@@H](N)[C@H]([C@H](O)[C@H](O)CO)O1. The third-order valence-corrected chi connectivity index (χ3v) is 4.86. The van der Waals surface area contributed by atoms with Gasteiger partial charge in [0, 0.05) is 6.92 Å². The highest BCUT2D eigenvalue weighted by molar-refractivity contribution is 5.82. The van der Waals surface area contributed by atoms with E-state index < -0.39 is 92.2 Å². The highest BCUT2D eigenvalue weighted by atomic mass is 16.8. The van der Waals surface area contributed by atoms with Crippen LogP contribution in [0.25, 0.3) is 0 Å². The summed E-state index contributed by atoms with van der Waals surface area (Å²) in [6.45, 7) is -1.07. The van der Waals surface area contributed by atoms with Gasteiger partial charge in [-0.1, -0.05) is 0 Å². The molecule has 0 aliphatic carbocycles. The molecule has 11 N–H and O–H groups in total. The maximum absolute atomic E-state index is 13.0. The van der Waals surface area contributed by atoms with Gasteiger partial charge in [0.25, 0.3) is 0 Å². The van der Waals surface area contributed by atoms with Gasteiger partial charge in [0.05, 0.1) is 31.8 Å². The normalized spacial score (nSPS) is 31.5. The molecule has 10 atom stereocenters. The topological polar surface area (TPSA) is 273 Å². The molecule has 1 aliphatic rings. The van der Waals surface area contributed by atoms with E-state index in [1.165, 1.54) is 0 Å². The Bertz CT molecular complexity index is 652. The van der Waals surface area contributed by atoms with Crippen LogP contribution in [-0.2, 0) is 28.6 Å². The zero-order chi connectivity index (χ0) is 24.8. The summed E-state index contributed by atoms with van der Waals surface area (Å²) < 4.78 is 15.2. The van der Waals surface area contributed by atoms with Crippen LogP contribution < -0.4 is 11.5 Å². The molecule has 0 saturated carbocycles. The zero-order valence-corrected chi connectivity index (χ0v) is 17.1. The van der Waals surface area contributed by atoms with E-state index in [4.69, 9.17) is 35.9 Å². The summed E-state index contributed by atoms with van der Waals surface area (Å²) in [7, 11) is 0. The number of ether oxygens (including phenoxy) is 3. The second-order valence-electron chi connectivity index (χ2n) is 7.34. The Hall–Kier alpha value is -1.79. The van der Waals surface area contributed by atoms with Crippen LogP contribution in [0.1, 0.15) is 13.3 Å². The van der Waals surface area contributed by atoms with Crippen LogP contribution in [0, 0.1) is 0 Å². The number of rotatable bonds is 11. The average Bonchev–Trinajstić information content (AvgIpc) is 2.76. The van der Waals surface area contributed by atoms with Gasteiger partial charge in [-0.3, -0.25) is 4.79 Å². The van der Waals surface area contributed by atoms with Crippen LogP contribution in [0.15, 0.2) is 0 Å². The number of hydrogen-bond acceptors (Lipinski definition) is 15. The molecule has 0 unspecified atom stereocenters. The van der Waals surface area contributed by atoms with Crippen molar-refractivity contribution >= 4 is 18.2 Å². The Morgan fingerprint density at radius 2 is 1.75 bits per heavy atom. The van der Waals surface area contributed by atoms with Gasteiger partial charge in [-0.05, 0) is 0 Å². The van der Waals surface area contributed by atoms with Crippen LogP contribution in [0.5, 0.6) is 0 Å². The quantitative estimate of drug-likeness (QED) is 0.100. The van der Waals surface area contributed by atoms with Gasteiger partial charge >= 0.3 is 17.7 Å². The van der Waals surface area contributed by atoms with E-state index in [0.29, 0.717) is 0 Å². The first-order chi connectivity index (χ1) is 14.8. The van der Waals surface area contributed by atoms with Crippen molar-refractivity contribution in [3.63, 3.8) is 0 Å². The van der Waals surface area contributed by atoms with Crippen molar-refractivity contribution in [2.75, 3.05) is 13.2 Å². The second kappa shape index (κ2) is 11.9. The Balaban J connectivity index is 3.34. The maximum Gasteiger partial charge on any atom is 0.380 e. The van der Waals surface area contributed by atoms with Crippen molar-refractivity contribution in [2.45, 2.75) is 73.9 Å². The Morgan fingerprint density at radius 1 is 1.19 bits per heavy atom. The largest absolute Gasteiger partial charge is 0.452 e. The minimum absolute atomic E-state index is 0.0699. The van der Waals surface area contributed by atoms with Gasteiger partial charge in [-0.25, -0.2) is 4.79 Å². The van der Waals surface area contributed by atoms with E-state index in [9.17, 15) is 39.9 Å². The third-order valence-electron chi connectivity index (χ3n) is 4.86. The Labute approximate surface area is 182 Å². The first-order valence-corrected chi connectivity index (χ1v) is 9.52. The molecule has 0 bridgehead atoms. The molecule has 0 spiro atoms. The lowest BCUT2D eigenvalue weighted by Gasteiger charge is -2.45. The smallest absolute Gasteiger partial charge is 0.380 e. The molecule has 0 aromatic heterocycles. The Kier molecular flexibility index (Phi) is 10.5. The summed E-state index contributed by atoms with van der Waals surface area (Å²) in [6.07, 6.45) is -13.9. The van der Waals surface area contributed by atoms with Gasteiger partial charge in [-0.2, -0.15) is 0 Å². The van der Waals surface area contributed by atoms with E-state index >= 15 is 0 Å². The monoisotopic (exact) mass is 470 g/mol. The van der Waals surface area contributed by atoms with Crippen LogP contribution >= 0.6 is 0 Å². The van der Waals surface area contributed by atoms with Gasteiger partial charge < -0.3 is 66.2 Å². The molecule has 1 rings (SSSR count). The van der Waals surface area contributed by atoms with Gasteiger partial charge in [0.2, 0.25) is 0 Å². The highest BCUT2D eigenvalue weighted by Gasteiger charge is 2.57. The molecular formula is C17H30N2O13. The molecule has 0 amide bonds. The molecule has 0 radical (unpaired) electrons. The second-order valence-corrected chi connectivity index (χ2v) is 7.34. The fraction of sp³-hybridized carbons (Fsp3) is 0.824. The fourth-order valence-electron chi connectivity index (χ4n) is 3.07. The standard InChI is InChI=1S/C17H30N2O13/c1-6(23)31-17(2-8(24)11(19)15(32-17)13(28)10(26)5-22)16(29)30-14(7(18)3-20)12(27)9(25)4-21/h3,7-15,21-22,24-28H,2,4-5,18-19H2,1H3/t7-,8+,9-,10-,11-,12-,13-,14-,15-,17+/m1/s1. The van der Waals surface area contributed by atoms with E-state index in [1.54, 1.807) is 0 Å². The molecule has 1 aliphatic heterocycles. The number of hydrogen-bond donors (Lipinski definition) is 9. The fourth-order valence-corrected chi connectivity index (χ4v) is 3.07. The summed E-state index contributed by atoms with van der Waals surface area (Å²) in [5.74, 6) is -5.51. The van der Waals surface area contributed by atoms with E-state index in [-0.39, 0.29) is 6.29 Å². The predicted molar refractivity (Wildman–Crippen MR) is 100 cm³/mol. The van der Waals surface area contributed by atoms with Gasteiger partial charge in [-0.15, -0.1) is 0 Å². The van der Waals surface area contributed by atoms with Crippen LogP contribution in [-0.4, -0.2) is 128 Å². The van der Waals surface area contributed by atoms with Crippen molar-refractivity contribution in [3.05, 3.63) is 0 Å². The van der Waals surface area contributed by atoms with E-state index in [2.05, 4.69) is 0 Å². The molecule has 0 aromatic carbocycles. The van der Waals surface area contributed by atoms with Crippen LogP contribution in [0.2, 0.25) is 0 Å². The number of carbonyl (C=O) groups is 3. The molecule has 186 valence electrons. The first kappa shape index (κ1) is 28.2. The lowest BCUT2D eigenvalue weighted by Crippen LogP contribution is -2.67. The van der Waals surface area contributed by atoms with E-state index in [0.717, 1.165) is 6.92 Å². The summed E-state index contributed by atoms with van der Waals surface area (Å²) in [4.78, 5) is 35.7. The molecule has 32 heavy (non-hydrogen) atoms. The molecule has 1 fully saturated rings. The number of aldehydes is 1. The maximum atomic E-state index is 13.0. The van der Waals surface area contributed by atoms with Crippen LogP contribution in [0.4, 0.5) is 0 Å². The molecule has 15 nitrogen and oxygen atoms in total. The van der Waals surface area contributed by atoms with Crippen molar-refractivity contribution in [2.24, 2.45) is 11.5 Å². The lowest BCUT2D eigenvalue weighted by atomic mass is 9.89. The summed E-state index contributed by atoms with van der Waals surface area (Å²) >= 11 is 0. The van der Waals surface area contributed by atoms with Crippen molar-refractivity contribution in [3.8, 4) is 0 Å². The molecule has 0 aromatic rings. The van der Waals surface area contributed by atoms with Crippen molar-refractivity contribution < 1.29 is 64.3 Å². The van der Waals surface area contributed by atoms with E-state index in [1.807, 2.05) is 0 Å². The minimum Gasteiger partial charge on any atom is -0.452 e. The zero-order valence-electron chi connectivity index (χ0n) is 17.1. The molecule has 1 saturated heterocycles. The molecular weight excluding hydrogens is 440 g/mol. The molecule has 15 heteroatoms. The number of nitrogens with two attached hydrogens (primary N) is 2. The number of carbonyl (C=O) groups excluding carboxylic acids is 3.